The van der Waals surface area contributed by atoms with E-state index in [9.17, 15) is 22.8 Å². The first-order chi connectivity index (χ1) is 11.7. The lowest BCUT2D eigenvalue weighted by Gasteiger charge is -2.29. The highest BCUT2D eigenvalue weighted by Crippen LogP contribution is 2.47. The van der Waals surface area contributed by atoms with E-state index < -0.39 is 17.8 Å². The first kappa shape index (κ1) is 18.1. The Morgan fingerprint density at radius 3 is 2.68 bits per heavy atom. The van der Waals surface area contributed by atoms with Crippen LogP contribution in [0.2, 0.25) is 0 Å². The SMILES string of the molecule is C[C@@]12CCC(=O)N1[C@H](C(=O)NCCc1ccc(C(F)(F)F)cc1)CS2. The predicted molar refractivity (Wildman–Crippen MR) is 88.9 cm³/mol. The zero-order valence-electron chi connectivity index (χ0n) is 13.7. The van der Waals surface area contributed by atoms with E-state index >= 15 is 0 Å². The summed E-state index contributed by atoms with van der Waals surface area (Å²) in [6, 6.07) is 4.46. The van der Waals surface area contributed by atoms with Gasteiger partial charge in [-0.3, -0.25) is 9.59 Å². The van der Waals surface area contributed by atoms with E-state index in [1.807, 2.05) is 6.92 Å². The number of nitrogens with one attached hydrogen (secondary N) is 1. The number of amides is 2. The number of fused-ring (bicyclic) bond motifs is 1. The molecule has 0 spiro atoms. The highest BCUT2D eigenvalue weighted by Gasteiger charge is 2.52. The van der Waals surface area contributed by atoms with Gasteiger partial charge in [-0.2, -0.15) is 13.2 Å². The fraction of sp³-hybridized carbons (Fsp3) is 0.529. The Balaban J connectivity index is 1.52. The fourth-order valence-electron chi connectivity index (χ4n) is 3.32. The van der Waals surface area contributed by atoms with Crippen LogP contribution in [0, 0.1) is 0 Å². The monoisotopic (exact) mass is 372 g/mol. The van der Waals surface area contributed by atoms with Gasteiger partial charge < -0.3 is 10.2 Å². The number of alkyl halides is 3. The summed E-state index contributed by atoms with van der Waals surface area (Å²) in [5.41, 5.74) is 0.0336. The molecule has 0 saturated carbocycles. The van der Waals surface area contributed by atoms with Crippen molar-refractivity contribution in [3.63, 3.8) is 0 Å². The van der Waals surface area contributed by atoms with Gasteiger partial charge in [0.2, 0.25) is 11.8 Å². The molecule has 2 aliphatic heterocycles. The Labute approximate surface area is 148 Å². The molecular formula is C17H19F3N2O2S. The second-order valence-electron chi connectivity index (χ2n) is 6.50. The van der Waals surface area contributed by atoms with E-state index in [0.717, 1.165) is 24.1 Å². The lowest BCUT2D eigenvalue weighted by molar-refractivity contribution is -0.138. The predicted octanol–water partition coefficient (Wildman–Crippen LogP) is 2.82. The molecule has 1 N–H and O–H groups in total. The molecule has 25 heavy (non-hydrogen) atoms. The second-order valence-corrected chi connectivity index (χ2v) is 8.00. The van der Waals surface area contributed by atoms with Crippen molar-refractivity contribution in [3.8, 4) is 0 Å². The smallest absolute Gasteiger partial charge is 0.354 e. The number of nitrogens with zero attached hydrogens (tertiary/aromatic N) is 1. The standard InChI is InChI=1S/C17H19F3N2O2S/c1-16-8-6-14(23)22(16)13(10-25-16)15(24)21-9-7-11-2-4-12(5-3-11)17(18,19)20/h2-5,13H,6-10H2,1H3,(H,21,24)/t13-,16+/m0/s1. The van der Waals surface area contributed by atoms with Gasteiger partial charge in [-0.05, 0) is 37.5 Å². The molecule has 0 radical (unpaired) electrons. The van der Waals surface area contributed by atoms with Gasteiger partial charge in [-0.25, -0.2) is 0 Å². The van der Waals surface area contributed by atoms with Crippen LogP contribution in [-0.2, 0) is 22.2 Å². The van der Waals surface area contributed by atoms with Crippen molar-refractivity contribution in [1.82, 2.24) is 10.2 Å². The van der Waals surface area contributed by atoms with Crippen LogP contribution in [0.3, 0.4) is 0 Å². The Morgan fingerprint density at radius 2 is 2.04 bits per heavy atom. The summed E-state index contributed by atoms with van der Waals surface area (Å²) in [6.07, 6.45) is -2.68. The average Bonchev–Trinajstić information content (AvgIpc) is 3.04. The van der Waals surface area contributed by atoms with Crippen molar-refractivity contribution >= 4 is 23.6 Å². The van der Waals surface area contributed by atoms with Gasteiger partial charge in [0.15, 0.2) is 0 Å². The van der Waals surface area contributed by atoms with Crippen LogP contribution in [0.1, 0.15) is 30.9 Å². The summed E-state index contributed by atoms with van der Waals surface area (Å²) in [5.74, 6) is 0.391. The largest absolute Gasteiger partial charge is 0.416 e. The summed E-state index contributed by atoms with van der Waals surface area (Å²) in [4.78, 5) is 25.8. The van der Waals surface area contributed by atoms with E-state index in [-0.39, 0.29) is 16.7 Å². The maximum Gasteiger partial charge on any atom is 0.416 e. The van der Waals surface area contributed by atoms with Crippen LogP contribution in [0.5, 0.6) is 0 Å². The molecule has 2 fully saturated rings. The van der Waals surface area contributed by atoms with Crippen LogP contribution in [0.15, 0.2) is 24.3 Å². The van der Waals surface area contributed by atoms with Gasteiger partial charge in [-0.15, -0.1) is 11.8 Å². The molecule has 2 heterocycles. The van der Waals surface area contributed by atoms with Crippen molar-refractivity contribution < 1.29 is 22.8 Å². The van der Waals surface area contributed by atoms with Crippen LogP contribution in [0.4, 0.5) is 13.2 Å². The molecular weight excluding hydrogens is 353 g/mol. The minimum Gasteiger partial charge on any atom is -0.354 e. The molecule has 2 atom stereocenters. The summed E-state index contributed by atoms with van der Waals surface area (Å²) in [7, 11) is 0. The molecule has 1 aromatic rings. The summed E-state index contributed by atoms with van der Waals surface area (Å²) >= 11 is 1.63. The van der Waals surface area contributed by atoms with Crippen molar-refractivity contribution in [3.05, 3.63) is 35.4 Å². The molecule has 4 nitrogen and oxygen atoms in total. The Hall–Kier alpha value is -1.70. The minimum absolute atomic E-state index is 0.00962. The molecule has 2 aliphatic rings. The van der Waals surface area contributed by atoms with E-state index in [1.165, 1.54) is 12.1 Å². The van der Waals surface area contributed by atoms with Gasteiger partial charge in [-0.1, -0.05) is 12.1 Å². The molecule has 0 bridgehead atoms. The molecule has 2 saturated heterocycles. The van der Waals surface area contributed by atoms with Crippen molar-refractivity contribution in [2.75, 3.05) is 12.3 Å². The molecule has 1 aromatic carbocycles. The van der Waals surface area contributed by atoms with E-state index in [1.54, 1.807) is 16.7 Å². The maximum atomic E-state index is 12.5. The van der Waals surface area contributed by atoms with Crippen LogP contribution in [0.25, 0.3) is 0 Å². The fourth-order valence-corrected chi connectivity index (χ4v) is 4.75. The number of carbonyl (C=O) groups is 2. The number of thioether (sulfide) groups is 1. The highest BCUT2D eigenvalue weighted by molar-refractivity contribution is 8.01. The van der Waals surface area contributed by atoms with E-state index in [4.69, 9.17) is 0 Å². The molecule has 0 unspecified atom stereocenters. The number of hydrogen-bond donors (Lipinski definition) is 1. The van der Waals surface area contributed by atoms with Crippen molar-refractivity contribution in [1.29, 1.82) is 0 Å². The average molecular weight is 372 g/mol. The maximum absolute atomic E-state index is 12.5. The van der Waals surface area contributed by atoms with Gasteiger partial charge in [0.05, 0.1) is 10.4 Å². The van der Waals surface area contributed by atoms with Crippen LogP contribution in [-0.4, -0.2) is 39.9 Å². The third-order valence-electron chi connectivity index (χ3n) is 4.74. The molecule has 0 aromatic heterocycles. The lowest BCUT2D eigenvalue weighted by atomic mass is 10.1. The van der Waals surface area contributed by atoms with Crippen molar-refractivity contribution in [2.24, 2.45) is 0 Å². The molecule has 2 amide bonds. The van der Waals surface area contributed by atoms with Gasteiger partial charge in [0.25, 0.3) is 0 Å². The van der Waals surface area contributed by atoms with E-state index in [0.29, 0.717) is 25.1 Å². The Morgan fingerprint density at radius 1 is 1.36 bits per heavy atom. The Kier molecular flexibility index (Phi) is 4.74. The summed E-state index contributed by atoms with van der Waals surface area (Å²) in [5, 5.41) is 2.80. The highest BCUT2D eigenvalue weighted by atomic mass is 32.2. The zero-order valence-corrected chi connectivity index (χ0v) is 14.5. The van der Waals surface area contributed by atoms with Gasteiger partial charge >= 0.3 is 6.18 Å². The third-order valence-corrected chi connectivity index (χ3v) is 6.25. The second kappa shape index (κ2) is 6.55. The summed E-state index contributed by atoms with van der Waals surface area (Å²) < 4.78 is 37.6. The Bertz CT molecular complexity index is 677. The number of carbonyl (C=O) groups excluding carboxylic acids is 2. The zero-order chi connectivity index (χ0) is 18.2. The topological polar surface area (TPSA) is 49.4 Å². The molecule has 8 heteroatoms. The minimum atomic E-state index is -4.35. The van der Waals surface area contributed by atoms with E-state index in [2.05, 4.69) is 5.32 Å². The lowest BCUT2D eigenvalue weighted by Crippen LogP contribution is -2.50. The molecule has 136 valence electrons. The number of rotatable bonds is 4. The van der Waals surface area contributed by atoms with Gasteiger partial charge in [0, 0.05) is 18.7 Å². The van der Waals surface area contributed by atoms with Crippen LogP contribution < -0.4 is 5.32 Å². The normalized spacial score (nSPS) is 26.0. The number of halogens is 3. The van der Waals surface area contributed by atoms with Crippen LogP contribution >= 0.6 is 11.8 Å². The number of benzene rings is 1. The molecule has 0 aliphatic carbocycles. The quantitative estimate of drug-likeness (QED) is 0.884. The third kappa shape index (κ3) is 3.63. The van der Waals surface area contributed by atoms with Gasteiger partial charge in [0.1, 0.15) is 6.04 Å². The first-order valence-corrected chi connectivity index (χ1v) is 9.09. The van der Waals surface area contributed by atoms with Crippen molar-refractivity contribution in [2.45, 2.75) is 43.3 Å². The molecule has 3 rings (SSSR count). The summed E-state index contributed by atoms with van der Waals surface area (Å²) in [6.45, 7) is 2.31. The number of hydrogen-bond acceptors (Lipinski definition) is 3. The first-order valence-electron chi connectivity index (χ1n) is 8.11.